The second kappa shape index (κ2) is 7.26. The number of fused-ring (bicyclic) bond motifs is 1. The average Bonchev–Trinajstić information content (AvgIpc) is 2.95. The summed E-state index contributed by atoms with van der Waals surface area (Å²) < 4.78 is 0. The van der Waals surface area contributed by atoms with Crippen molar-refractivity contribution in [3.8, 4) is 0 Å². The van der Waals surface area contributed by atoms with Crippen LogP contribution in [0.25, 0.3) is 11.0 Å². The van der Waals surface area contributed by atoms with Crippen LogP contribution in [0.5, 0.6) is 0 Å². The van der Waals surface area contributed by atoms with Gasteiger partial charge in [0.05, 0.1) is 24.1 Å². The van der Waals surface area contributed by atoms with Crippen molar-refractivity contribution in [2.24, 2.45) is 0 Å². The van der Waals surface area contributed by atoms with E-state index in [4.69, 9.17) is 0 Å². The monoisotopic (exact) mass is 314 g/mol. The standard InChI is InChI=1S/C17H22N4O2/c22-16(12-21-10-6-2-1-3-9-17(21)23)18-11-15-19-13-7-4-5-8-14(13)20-15/h4-5,7-8H,1-3,6,9-12H2,(H,18,22)(H,19,20). The zero-order valence-electron chi connectivity index (χ0n) is 13.2. The van der Waals surface area contributed by atoms with Crippen LogP contribution in [0.2, 0.25) is 0 Å². The van der Waals surface area contributed by atoms with Crippen LogP contribution in [0.3, 0.4) is 0 Å². The van der Waals surface area contributed by atoms with Crippen molar-refractivity contribution in [1.82, 2.24) is 20.2 Å². The van der Waals surface area contributed by atoms with Gasteiger partial charge in [0.25, 0.3) is 0 Å². The first-order chi connectivity index (χ1) is 11.2. The Labute approximate surface area is 135 Å². The smallest absolute Gasteiger partial charge is 0.239 e. The normalized spacial score (nSPS) is 16.2. The lowest BCUT2D eigenvalue weighted by molar-refractivity contribution is -0.136. The third-order valence-corrected chi connectivity index (χ3v) is 4.15. The first-order valence-electron chi connectivity index (χ1n) is 8.20. The number of imidazole rings is 1. The highest BCUT2D eigenvalue weighted by Crippen LogP contribution is 2.12. The zero-order valence-corrected chi connectivity index (χ0v) is 13.2. The SMILES string of the molecule is O=C(CN1CCCCCCC1=O)NCc1nc2ccccc2[nH]1. The van der Waals surface area contributed by atoms with E-state index < -0.39 is 0 Å². The van der Waals surface area contributed by atoms with E-state index in [-0.39, 0.29) is 18.4 Å². The van der Waals surface area contributed by atoms with Crippen LogP contribution in [0.4, 0.5) is 0 Å². The van der Waals surface area contributed by atoms with Crippen LogP contribution >= 0.6 is 0 Å². The Bertz CT molecular complexity index is 662. The van der Waals surface area contributed by atoms with Gasteiger partial charge in [-0.05, 0) is 25.0 Å². The molecule has 0 spiro atoms. The number of carbonyl (C=O) groups is 2. The first kappa shape index (κ1) is 15.5. The molecule has 0 bridgehead atoms. The molecule has 2 aromatic rings. The summed E-state index contributed by atoms with van der Waals surface area (Å²) in [5, 5.41) is 2.84. The number of nitrogens with zero attached hydrogens (tertiary/aromatic N) is 2. The van der Waals surface area contributed by atoms with Crippen LogP contribution in [0.1, 0.15) is 37.9 Å². The minimum atomic E-state index is -0.139. The fourth-order valence-electron chi connectivity index (χ4n) is 2.88. The number of amides is 2. The fraction of sp³-hybridized carbons (Fsp3) is 0.471. The van der Waals surface area contributed by atoms with Crippen molar-refractivity contribution in [2.45, 2.75) is 38.6 Å². The Morgan fingerprint density at radius 3 is 2.91 bits per heavy atom. The lowest BCUT2D eigenvalue weighted by atomic mass is 10.1. The first-order valence-corrected chi connectivity index (χ1v) is 8.20. The minimum Gasteiger partial charge on any atom is -0.347 e. The van der Waals surface area contributed by atoms with E-state index in [9.17, 15) is 9.59 Å². The number of aromatic nitrogens is 2. The zero-order chi connectivity index (χ0) is 16.1. The van der Waals surface area contributed by atoms with Gasteiger partial charge in [0.15, 0.2) is 0 Å². The van der Waals surface area contributed by atoms with Gasteiger partial charge in [-0.3, -0.25) is 9.59 Å². The maximum Gasteiger partial charge on any atom is 0.239 e. The van der Waals surface area contributed by atoms with Crippen molar-refractivity contribution >= 4 is 22.8 Å². The molecular weight excluding hydrogens is 292 g/mol. The largest absolute Gasteiger partial charge is 0.347 e. The van der Waals surface area contributed by atoms with Crippen molar-refractivity contribution in [1.29, 1.82) is 0 Å². The fourth-order valence-corrected chi connectivity index (χ4v) is 2.88. The van der Waals surface area contributed by atoms with Gasteiger partial charge < -0.3 is 15.2 Å². The molecule has 0 saturated carbocycles. The van der Waals surface area contributed by atoms with Gasteiger partial charge in [-0.1, -0.05) is 25.0 Å². The molecule has 6 heteroatoms. The molecule has 0 radical (unpaired) electrons. The number of benzene rings is 1. The summed E-state index contributed by atoms with van der Waals surface area (Å²) in [6.07, 6.45) is 4.69. The summed E-state index contributed by atoms with van der Waals surface area (Å²) >= 11 is 0. The van der Waals surface area contributed by atoms with E-state index in [1.165, 1.54) is 0 Å². The topological polar surface area (TPSA) is 78.1 Å². The van der Waals surface area contributed by atoms with E-state index in [2.05, 4.69) is 15.3 Å². The number of aromatic amines is 1. The van der Waals surface area contributed by atoms with Gasteiger partial charge in [0.2, 0.25) is 11.8 Å². The van der Waals surface area contributed by atoms with Gasteiger partial charge in [-0.25, -0.2) is 4.98 Å². The lowest BCUT2D eigenvalue weighted by Gasteiger charge is -2.24. The van der Waals surface area contributed by atoms with Crippen LogP contribution in [0, 0.1) is 0 Å². The van der Waals surface area contributed by atoms with E-state index >= 15 is 0 Å². The predicted octanol–water partition coefficient (Wildman–Crippen LogP) is 1.97. The minimum absolute atomic E-state index is 0.0867. The molecule has 0 unspecified atom stereocenters. The van der Waals surface area contributed by atoms with Gasteiger partial charge in [0, 0.05) is 13.0 Å². The Hall–Kier alpha value is -2.37. The van der Waals surface area contributed by atoms with Gasteiger partial charge in [0.1, 0.15) is 5.82 Å². The highest BCUT2D eigenvalue weighted by atomic mass is 16.2. The number of hydrogen-bond donors (Lipinski definition) is 2. The predicted molar refractivity (Wildman–Crippen MR) is 87.6 cm³/mol. The molecule has 1 fully saturated rings. The van der Waals surface area contributed by atoms with Crippen molar-refractivity contribution in [3.63, 3.8) is 0 Å². The molecule has 1 aromatic heterocycles. The van der Waals surface area contributed by atoms with Crippen LogP contribution in [-0.2, 0) is 16.1 Å². The molecule has 23 heavy (non-hydrogen) atoms. The summed E-state index contributed by atoms with van der Waals surface area (Å²) in [6, 6.07) is 7.75. The van der Waals surface area contributed by atoms with E-state index in [0.717, 1.165) is 42.5 Å². The Morgan fingerprint density at radius 2 is 2.04 bits per heavy atom. The summed E-state index contributed by atoms with van der Waals surface area (Å²) in [5.74, 6) is 0.668. The van der Waals surface area contributed by atoms with Gasteiger partial charge in [-0.2, -0.15) is 0 Å². The number of hydrogen-bond acceptors (Lipinski definition) is 3. The third kappa shape index (κ3) is 4.09. The molecule has 2 amide bonds. The summed E-state index contributed by atoms with van der Waals surface area (Å²) in [7, 11) is 0. The molecule has 2 N–H and O–H groups in total. The lowest BCUT2D eigenvalue weighted by Crippen LogP contribution is -2.41. The highest BCUT2D eigenvalue weighted by Gasteiger charge is 2.18. The molecule has 1 saturated heterocycles. The Morgan fingerprint density at radius 1 is 1.22 bits per heavy atom. The molecule has 122 valence electrons. The summed E-state index contributed by atoms with van der Waals surface area (Å²) in [4.78, 5) is 33.4. The van der Waals surface area contributed by atoms with Crippen LogP contribution in [0.15, 0.2) is 24.3 Å². The molecule has 6 nitrogen and oxygen atoms in total. The van der Waals surface area contributed by atoms with Crippen molar-refractivity contribution in [3.05, 3.63) is 30.1 Å². The van der Waals surface area contributed by atoms with E-state index in [1.54, 1.807) is 4.90 Å². The third-order valence-electron chi connectivity index (χ3n) is 4.15. The Balaban J connectivity index is 1.53. The number of carbonyl (C=O) groups excluding carboxylic acids is 2. The van der Waals surface area contributed by atoms with Crippen LogP contribution in [-0.4, -0.2) is 39.8 Å². The quantitative estimate of drug-likeness (QED) is 0.905. The van der Waals surface area contributed by atoms with Crippen molar-refractivity contribution < 1.29 is 9.59 Å². The number of likely N-dealkylation sites (tertiary alicyclic amines) is 1. The second-order valence-corrected chi connectivity index (χ2v) is 5.96. The van der Waals surface area contributed by atoms with Gasteiger partial charge >= 0.3 is 0 Å². The van der Waals surface area contributed by atoms with Gasteiger partial charge in [-0.15, -0.1) is 0 Å². The van der Waals surface area contributed by atoms with Crippen LogP contribution < -0.4 is 5.32 Å². The molecule has 1 aliphatic heterocycles. The molecule has 0 atom stereocenters. The molecule has 3 rings (SSSR count). The molecule has 1 aliphatic rings. The molecule has 0 aliphatic carbocycles. The van der Waals surface area contributed by atoms with Crippen molar-refractivity contribution in [2.75, 3.05) is 13.1 Å². The maximum absolute atomic E-state index is 12.1. The van der Waals surface area contributed by atoms with E-state index in [0.29, 0.717) is 19.5 Å². The summed E-state index contributed by atoms with van der Waals surface area (Å²) in [6.45, 7) is 1.16. The average molecular weight is 314 g/mol. The number of H-pyrrole nitrogens is 1. The summed E-state index contributed by atoms with van der Waals surface area (Å²) in [5.41, 5.74) is 1.84. The molecule has 1 aromatic carbocycles. The number of rotatable bonds is 4. The second-order valence-electron chi connectivity index (χ2n) is 5.96. The molecule has 2 heterocycles. The number of nitrogens with one attached hydrogen (secondary N) is 2. The molecular formula is C17H22N4O2. The van der Waals surface area contributed by atoms with E-state index in [1.807, 2.05) is 24.3 Å². The Kier molecular flexibility index (Phi) is 4.90. The maximum atomic E-state index is 12.1. The number of para-hydroxylation sites is 2. The highest BCUT2D eigenvalue weighted by molar-refractivity contribution is 5.84.